The van der Waals surface area contributed by atoms with Gasteiger partial charge in [0, 0.05) is 98.4 Å². The van der Waals surface area contributed by atoms with Crippen LogP contribution in [-0.2, 0) is 0 Å². The maximum atomic E-state index is 5.29. The van der Waals surface area contributed by atoms with E-state index >= 15 is 0 Å². The third-order valence-electron chi connectivity index (χ3n) is 25.1. The van der Waals surface area contributed by atoms with Crippen molar-refractivity contribution in [2.75, 3.05) is 0 Å². The lowest BCUT2D eigenvalue weighted by atomic mass is 9.95. The summed E-state index contributed by atoms with van der Waals surface area (Å²) < 4.78 is 0. The van der Waals surface area contributed by atoms with Crippen molar-refractivity contribution in [2.45, 2.75) is 0 Å². The molecule has 13 nitrogen and oxygen atoms in total. The molecular formula is C123H77N13. The summed E-state index contributed by atoms with van der Waals surface area (Å²) in [6.45, 7) is 0. The first-order valence-corrected chi connectivity index (χ1v) is 45.3. The molecule has 0 aliphatic heterocycles. The van der Waals surface area contributed by atoms with Crippen LogP contribution in [0.25, 0.3) is 256 Å². The fraction of sp³-hybridized carbons (Fsp3) is 0. The summed E-state index contributed by atoms with van der Waals surface area (Å²) in [5.74, 6) is 2.98. The zero-order valence-corrected chi connectivity index (χ0v) is 73.3. The number of pyridine rings is 6. The fourth-order valence-corrected chi connectivity index (χ4v) is 18.4. The van der Waals surface area contributed by atoms with Gasteiger partial charge in [0.1, 0.15) is 11.4 Å². The van der Waals surface area contributed by atoms with Crippen molar-refractivity contribution in [3.8, 4) is 147 Å². The lowest BCUT2D eigenvalue weighted by molar-refractivity contribution is 1.06. The van der Waals surface area contributed by atoms with Crippen molar-refractivity contribution in [3.63, 3.8) is 0 Å². The first kappa shape index (κ1) is 80.7. The molecule has 17 aromatic carbocycles. The summed E-state index contributed by atoms with van der Waals surface area (Å²) in [4.78, 5) is 66.1. The minimum atomic E-state index is 0.519. The molecule has 13 heteroatoms. The number of fused-ring (bicyclic) bond motifs is 13. The largest absolute Gasteiger partial charge is 0.245 e. The molecule has 0 N–H and O–H groups in total. The zero-order valence-electron chi connectivity index (χ0n) is 73.3. The molecule has 0 amide bonds. The average Bonchev–Trinajstić information content (AvgIpc) is 0.746. The highest BCUT2D eigenvalue weighted by Gasteiger charge is 2.24. The molecule has 634 valence electrons. The lowest BCUT2D eigenvalue weighted by Crippen LogP contribution is -2.01. The molecule has 0 saturated carbocycles. The minimum Gasteiger partial charge on any atom is -0.245 e. The topological polar surface area (TPSA) is 168 Å². The molecule has 0 radical (unpaired) electrons. The second-order valence-electron chi connectivity index (χ2n) is 33.5. The van der Waals surface area contributed by atoms with Crippen molar-refractivity contribution in [1.29, 1.82) is 0 Å². The van der Waals surface area contributed by atoms with Crippen molar-refractivity contribution in [1.82, 2.24) is 64.8 Å². The third-order valence-corrected chi connectivity index (χ3v) is 25.1. The maximum Gasteiger partial charge on any atom is 0.182 e. The van der Waals surface area contributed by atoms with E-state index in [9.17, 15) is 0 Å². The van der Waals surface area contributed by atoms with Gasteiger partial charge in [0.2, 0.25) is 0 Å². The van der Waals surface area contributed by atoms with Crippen LogP contribution in [0.3, 0.4) is 0 Å². The van der Waals surface area contributed by atoms with Gasteiger partial charge in [-0.15, -0.1) is 0 Å². The van der Waals surface area contributed by atoms with E-state index in [2.05, 4.69) is 291 Å². The van der Waals surface area contributed by atoms with E-state index in [0.717, 1.165) is 187 Å². The quantitative estimate of drug-likeness (QED) is 0.0791. The molecule has 0 aliphatic rings. The number of nitrogens with zero attached hydrogens (tertiary/aromatic N) is 13. The Morgan fingerprint density at radius 3 is 0.765 bits per heavy atom. The van der Waals surface area contributed by atoms with Crippen LogP contribution in [-0.4, -0.2) is 64.8 Å². The molecule has 26 rings (SSSR count). The van der Waals surface area contributed by atoms with Crippen molar-refractivity contribution >= 4 is 109 Å². The van der Waals surface area contributed by atoms with Crippen LogP contribution in [0, 0.1) is 0 Å². The number of rotatable bonds is 13. The van der Waals surface area contributed by atoms with Gasteiger partial charge in [-0.3, -0.25) is 0 Å². The standard InChI is InChI=1S/C44H28N4.C42H26N4.C37H23N5/c1-4-12-29(13-5-1)30-20-22-31(23-21-30)39-28-40(48-44(47-39)34-16-8-3-9-17-34)38-27-25-33-24-26-36-41(32-14-6-2-7-15-32)35-18-10-11-19-37(35)45-43(36)42(33)46-38;1-3-11-27(12-4-1)28-19-21-30(22-20-28)39-33-16-8-10-18-36(33)45-42(46-39)37-26-24-31-23-25-34-38(29-13-5-2-6-14-29)32-15-7-9-17-35(32)43-41(34)40(31)44-37;1-4-12-24(13-5-1)32-28-18-10-11-19-30(28)38-34-29(32)22-20-25-21-23-31(39-33(25)34)37-41-35(26-14-6-2-7-15-26)40-36(42-37)27-16-8-3-9-17-27/h1-28H;1-26H;1-23H. The van der Waals surface area contributed by atoms with Gasteiger partial charge in [-0.05, 0) is 87.5 Å². The fourth-order valence-electron chi connectivity index (χ4n) is 18.4. The first-order chi connectivity index (χ1) is 67.4. The van der Waals surface area contributed by atoms with Gasteiger partial charge < -0.3 is 0 Å². The van der Waals surface area contributed by atoms with Gasteiger partial charge in [0.15, 0.2) is 29.1 Å². The Kier molecular flexibility index (Phi) is 21.0. The second kappa shape index (κ2) is 35.4. The summed E-state index contributed by atoms with van der Waals surface area (Å²) >= 11 is 0. The van der Waals surface area contributed by atoms with E-state index < -0.39 is 0 Å². The monoisotopic (exact) mass is 1740 g/mol. The minimum absolute atomic E-state index is 0.519. The van der Waals surface area contributed by atoms with Gasteiger partial charge >= 0.3 is 0 Å². The Hall–Kier alpha value is -18.6. The molecular weight excluding hydrogens is 1660 g/mol. The zero-order chi connectivity index (χ0) is 90.2. The van der Waals surface area contributed by atoms with Crippen molar-refractivity contribution in [2.24, 2.45) is 0 Å². The van der Waals surface area contributed by atoms with Crippen molar-refractivity contribution < 1.29 is 0 Å². The Bertz CT molecular complexity index is 8990. The number of aromatic nitrogens is 13. The smallest absolute Gasteiger partial charge is 0.182 e. The summed E-state index contributed by atoms with van der Waals surface area (Å²) in [6.07, 6.45) is 0. The summed E-state index contributed by atoms with van der Waals surface area (Å²) in [5.41, 5.74) is 29.9. The molecule has 9 aromatic heterocycles. The van der Waals surface area contributed by atoms with E-state index in [1.807, 2.05) is 176 Å². The van der Waals surface area contributed by atoms with Gasteiger partial charge in [-0.25, -0.2) is 64.8 Å². The van der Waals surface area contributed by atoms with Gasteiger partial charge in [-0.2, -0.15) is 0 Å². The number of hydrogen-bond acceptors (Lipinski definition) is 13. The summed E-state index contributed by atoms with van der Waals surface area (Å²) in [5, 5.41) is 10.6. The highest BCUT2D eigenvalue weighted by atomic mass is 15.1. The molecule has 136 heavy (non-hydrogen) atoms. The van der Waals surface area contributed by atoms with Crippen LogP contribution in [0.1, 0.15) is 0 Å². The maximum absolute atomic E-state index is 5.29. The molecule has 9 heterocycles. The SMILES string of the molecule is c1ccc(-c2ccc(-c3cc(-c4ccc5ccc6c(-c7ccccc7)c7ccccc7nc6c5n4)nc(-c4ccccc4)n3)cc2)cc1.c1ccc(-c2ccc(-c3nc(-c4ccc5ccc6c(-c7ccccc7)c7ccccc7nc6c5n4)nc4ccccc34)cc2)cc1.c1ccc(-c2nc(-c3ccccc3)nc(-c3ccc4ccc5c(-c6ccccc6)c6ccccc6nc5c4n3)n2)cc1. The van der Waals surface area contributed by atoms with E-state index in [4.69, 9.17) is 64.8 Å². The number of benzene rings is 17. The second-order valence-corrected chi connectivity index (χ2v) is 33.5. The highest BCUT2D eigenvalue weighted by Crippen LogP contribution is 2.44. The molecule has 0 saturated heterocycles. The Balaban J connectivity index is 0.000000112. The molecule has 0 spiro atoms. The summed E-state index contributed by atoms with van der Waals surface area (Å²) in [7, 11) is 0. The van der Waals surface area contributed by atoms with Crippen molar-refractivity contribution in [3.05, 3.63) is 467 Å². The average molecular weight is 1740 g/mol. The summed E-state index contributed by atoms with van der Waals surface area (Å²) in [6, 6.07) is 160. The third kappa shape index (κ3) is 15.6. The van der Waals surface area contributed by atoms with Crippen LogP contribution in [0.5, 0.6) is 0 Å². The first-order valence-electron chi connectivity index (χ1n) is 45.3. The van der Waals surface area contributed by atoms with Gasteiger partial charge in [0.25, 0.3) is 0 Å². The molecule has 0 bridgehead atoms. The van der Waals surface area contributed by atoms with Crippen LogP contribution >= 0.6 is 0 Å². The lowest BCUT2D eigenvalue weighted by Gasteiger charge is -2.14. The Morgan fingerprint density at radius 1 is 0.118 bits per heavy atom. The Labute approximate surface area is 782 Å². The van der Waals surface area contributed by atoms with Crippen LogP contribution in [0.4, 0.5) is 0 Å². The molecule has 0 atom stereocenters. The molecule has 0 unspecified atom stereocenters. The highest BCUT2D eigenvalue weighted by molar-refractivity contribution is 6.19. The van der Waals surface area contributed by atoms with Crippen LogP contribution in [0.2, 0.25) is 0 Å². The van der Waals surface area contributed by atoms with E-state index in [1.165, 1.54) is 27.8 Å². The molecule has 26 aromatic rings. The molecule has 0 fully saturated rings. The van der Waals surface area contributed by atoms with Crippen LogP contribution in [0.15, 0.2) is 467 Å². The van der Waals surface area contributed by atoms with E-state index in [0.29, 0.717) is 40.5 Å². The Morgan fingerprint density at radius 2 is 0.382 bits per heavy atom. The number of para-hydroxylation sites is 4. The normalized spacial score (nSPS) is 11.4. The van der Waals surface area contributed by atoms with Crippen LogP contribution < -0.4 is 0 Å². The van der Waals surface area contributed by atoms with Gasteiger partial charge in [0.05, 0.1) is 77.9 Å². The predicted octanol–water partition coefficient (Wildman–Crippen LogP) is 30.4. The predicted molar refractivity (Wildman–Crippen MR) is 556 cm³/mol. The van der Waals surface area contributed by atoms with E-state index in [-0.39, 0.29) is 0 Å². The van der Waals surface area contributed by atoms with Gasteiger partial charge in [-0.1, -0.05) is 419 Å². The van der Waals surface area contributed by atoms with E-state index in [1.54, 1.807) is 0 Å². The number of hydrogen-bond donors (Lipinski definition) is 0. The molecule has 0 aliphatic carbocycles.